The number of hydrogen-bond donors (Lipinski definition) is 0. The Bertz CT molecular complexity index is 1310. The van der Waals surface area contributed by atoms with Gasteiger partial charge in [0.2, 0.25) is 0 Å². The van der Waals surface area contributed by atoms with Crippen molar-refractivity contribution in [2.45, 2.75) is 49.3 Å². The van der Waals surface area contributed by atoms with E-state index in [1.807, 2.05) is 42.5 Å². The summed E-state index contributed by atoms with van der Waals surface area (Å²) in [6.07, 6.45) is 5.51. The molecule has 5 nitrogen and oxygen atoms in total. The largest absolute Gasteiger partial charge is 0.335 e. The third-order valence-electron chi connectivity index (χ3n) is 6.59. The first kappa shape index (κ1) is 26.3. The molecule has 0 amide bonds. The van der Waals surface area contributed by atoms with Crippen molar-refractivity contribution in [3.05, 3.63) is 100 Å². The molecule has 3 heterocycles. The molecule has 0 aliphatic carbocycles. The predicted octanol–water partition coefficient (Wildman–Crippen LogP) is 7.03. The van der Waals surface area contributed by atoms with Crippen LogP contribution in [0.25, 0.3) is 0 Å². The summed E-state index contributed by atoms with van der Waals surface area (Å²) in [5, 5.41) is 1.97. The van der Waals surface area contributed by atoms with Crippen molar-refractivity contribution < 1.29 is 9.59 Å². The molecule has 0 N–H and O–H groups in total. The molecule has 0 fully saturated rings. The van der Waals surface area contributed by atoms with Crippen molar-refractivity contribution in [1.82, 2.24) is 4.98 Å². The number of fused-ring (bicyclic) bond motifs is 2. The predicted molar refractivity (Wildman–Crippen MR) is 158 cm³/mol. The van der Waals surface area contributed by atoms with Gasteiger partial charge in [-0.2, -0.15) is 0 Å². The summed E-state index contributed by atoms with van der Waals surface area (Å²) in [5.74, 6) is 0.201. The number of thioether (sulfide) groups is 2. The lowest BCUT2D eigenvalue weighted by atomic mass is 10.1. The van der Waals surface area contributed by atoms with Gasteiger partial charge in [0, 0.05) is 59.3 Å². The van der Waals surface area contributed by atoms with Gasteiger partial charge in [0.1, 0.15) is 0 Å². The first-order chi connectivity index (χ1) is 18.6. The molecule has 2 aliphatic heterocycles. The SMILES string of the molecule is CCN1/C(=C/C(=O)CCc2cccc(CCC(=O)/C=C3\Sc4ccccc4N3CC)n2)Sc2ccccc21. The first-order valence-electron chi connectivity index (χ1n) is 13.1. The molecule has 7 heteroatoms. The third kappa shape index (κ3) is 5.89. The molecule has 0 saturated carbocycles. The van der Waals surface area contributed by atoms with E-state index < -0.39 is 0 Å². The van der Waals surface area contributed by atoms with Crippen molar-refractivity contribution in [3.63, 3.8) is 0 Å². The van der Waals surface area contributed by atoms with Gasteiger partial charge in [0.25, 0.3) is 0 Å². The summed E-state index contributed by atoms with van der Waals surface area (Å²) in [4.78, 5) is 37.0. The number of anilines is 2. The van der Waals surface area contributed by atoms with E-state index in [0.29, 0.717) is 25.7 Å². The van der Waals surface area contributed by atoms with Crippen molar-refractivity contribution in [3.8, 4) is 0 Å². The van der Waals surface area contributed by atoms with Gasteiger partial charge in [0.05, 0.1) is 21.4 Å². The summed E-state index contributed by atoms with van der Waals surface area (Å²) in [7, 11) is 0. The standard InChI is InChI=1S/C31H31N3O2S2/c1-3-33-26-12-5-7-14-28(26)37-30(33)20-24(35)18-16-22-10-9-11-23(32-22)17-19-25(36)21-31-34(4-2)27-13-6-8-15-29(27)38-31/h5-15,20-21H,3-4,16-19H2,1-2H3/b30-20-,31-21-. The quantitative estimate of drug-likeness (QED) is 0.255. The summed E-state index contributed by atoms with van der Waals surface area (Å²) in [5.41, 5.74) is 4.09. The Kier molecular flexibility index (Phi) is 8.35. The lowest BCUT2D eigenvalue weighted by molar-refractivity contribution is -0.115. The van der Waals surface area contributed by atoms with Crippen molar-refractivity contribution >= 4 is 46.5 Å². The van der Waals surface area contributed by atoms with E-state index in [-0.39, 0.29) is 11.6 Å². The van der Waals surface area contributed by atoms with Gasteiger partial charge in [-0.1, -0.05) is 53.9 Å². The molecule has 194 valence electrons. The third-order valence-corrected chi connectivity index (χ3v) is 8.82. The van der Waals surface area contributed by atoms with E-state index in [4.69, 9.17) is 4.98 Å². The summed E-state index contributed by atoms with van der Waals surface area (Å²) in [6.45, 7) is 5.85. The number of carbonyl (C=O) groups excluding carboxylic acids is 2. The van der Waals surface area contributed by atoms with Gasteiger partial charge in [0.15, 0.2) is 11.6 Å². The second kappa shape index (κ2) is 12.0. The molecular weight excluding hydrogens is 510 g/mol. The fourth-order valence-electron chi connectivity index (χ4n) is 4.70. The molecule has 2 aliphatic rings. The number of pyridine rings is 1. The van der Waals surface area contributed by atoms with E-state index >= 15 is 0 Å². The van der Waals surface area contributed by atoms with Crippen molar-refractivity contribution in [2.75, 3.05) is 22.9 Å². The number of rotatable bonds is 10. The smallest absolute Gasteiger partial charge is 0.158 e. The highest BCUT2D eigenvalue weighted by molar-refractivity contribution is 8.04. The molecule has 0 atom stereocenters. The first-order valence-corrected chi connectivity index (χ1v) is 14.7. The van der Waals surface area contributed by atoms with Gasteiger partial charge in [-0.25, -0.2) is 0 Å². The summed E-state index contributed by atoms with van der Waals surface area (Å²) < 4.78 is 0. The molecule has 3 aromatic rings. The Morgan fingerprint density at radius 2 is 1.13 bits per heavy atom. The van der Waals surface area contributed by atoms with Crippen molar-refractivity contribution in [2.24, 2.45) is 0 Å². The number of benzene rings is 2. The van der Waals surface area contributed by atoms with Crippen LogP contribution in [0.4, 0.5) is 11.4 Å². The number of carbonyl (C=O) groups is 2. The normalized spacial score (nSPS) is 16.3. The number of ketones is 2. The molecule has 0 radical (unpaired) electrons. The second-order valence-electron chi connectivity index (χ2n) is 9.15. The highest BCUT2D eigenvalue weighted by atomic mass is 32.2. The Morgan fingerprint density at radius 1 is 0.684 bits per heavy atom. The number of aryl methyl sites for hydroxylation is 2. The fourth-order valence-corrected chi connectivity index (χ4v) is 7.07. The van der Waals surface area contributed by atoms with Gasteiger partial charge < -0.3 is 9.80 Å². The Labute approximate surface area is 233 Å². The van der Waals surface area contributed by atoms with Crippen LogP contribution in [-0.2, 0) is 22.4 Å². The maximum atomic E-state index is 12.8. The van der Waals surface area contributed by atoms with Crippen LogP contribution in [0, 0.1) is 0 Å². The van der Waals surface area contributed by atoms with Crippen molar-refractivity contribution in [1.29, 1.82) is 0 Å². The highest BCUT2D eigenvalue weighted by Crippen LogP contribution is 2.46. The van der Waals surface area contributed by atoms with Crippen LogP contribution in [-0.4, -0.2) is 29.6 Å². The van der Waals surface area contributed by atoms with Crippen LogP contribution in [0.5, 0.6) is 0 Å². The monoisotopic (exact) mass is 541 g/mol. The molecule has 0 spiro atoms. The molecule has 5 rings (SSSR count). The second-order valence-corrected chi connectivity index (χ2v) is 11.3. The summed E-state index contributed by atoms with van der Waals surface area (Å²) >= 11 is 3.30. The average molecular weight is 542 g/mol. The number of nitrogens with zero attached hydrogens (tertiary/aromatic N) is 3. The van der Waals surface area contributed by atoms with Crippen LogP contribution in [0.15, 0.2) is 98.7 Å². The fraction of sp³-hybridized carbons (Fsp3) is 0.258. The average Bonchev–Trinajstić information content (AvgIpc) is 3.47. The molecule has 0 saturated heterocycles. The van der Waals surface area contributed by atoms with Gasteiger partial charge in [-0.15, -0.1) is 0 Å². The highest BCUT2D eigenvalue weighted by Gasteiger charge is 2.25. The van der Waals surface area contributed by atoms with Gasteiger partial charge >= 0.3 is 0 Å². The zero-order chi connectivity index (χ0) is 26.5. The number of allylic oxidation sites excluding steroid dienone is 2. The van der Waals surface area contributed by atoms with Gasteiger partial charge in [-0.05, 0) is 63.1 Å². The van der Waals surface area contributed by atoms with E-state index in [1.165, 1.54) is 9.79 Å². The molecule has 0 bridgehead atoms. The molecule has 2 aromatic carbocycles. The Balaban J connectivity index is 1.15. The zero-order valence-corrected chi connectivity index (χ0v) is 23.4. The molecule has 38 heavy (non-hydrogen) atoms. The minimum atomic E-state index is 0.100. The van der Waals surface area contributed by atoms with Crippen LogP contribution < -0.4 is 9.80 Å². The van der Waals surface area contributed by atoms with E-state index in [2.05, 4.69) is 47.9 Å². The van der Waals surface area contributed by atoms with Gasteiger partial charge in [-0.3, -0.25) is 14.6 Å². The zero-order valence-electron chi connectivity index (χ0n) is 21.7. The maximum Gasteiger partial charge on any atom is 0.158 e. The van der Waals surface area contributed by atoms with E-state index in [9.17, 15) is 9.59 Å². The lowest BCUT2D eigenvalue weighted by Crippen LogP contribution is -2.17. The van der Waals surface area contributed by atoms with Crippen LogP contribution >= 0.6 is 23.5 Å². The van der Waals surface area contributed by atoms with Crippen LogP contribution in [0.3, 0.4) is 0 Å². The topological polar surface area (TPSA) is 53.5 Å². The van der Waals surface area contributed by atoms with Crippen LogP contribution in [0.2, 0.25) is 0 Å². The molecule has 1 aromatic heterocycles. The molecule has 0 unspecified atom stereocenters. The number of hydrogen-bond acceptors (Lipinski definition) is 7. The Morgan fingerprint density at radius 3 is 1.58 bits per heavy atom. The number of aromatic nitrogens is 1. The lowest BCUT2D eigenvalue weighted by Gasteiger charge is -2.17. The minimum absolute atomic E-state index is 0.100. The molecular formula is C31H31N3O2S2. The Hall–Kier alpha value is -3.29. The summed E-state index contributed by atoms with van der Waals surface area (Å²) in [6, 6.07) is 22.4. The number of para-hydroxylation sites is 2. The van der Waals surface area contributed by atoms with E-state index in [0.717, 1.165) is 45.9 Å². The minimum Gasteiger partial charge on any atom is -0.335 e. The van der Waals surface area contributed by atoms with E-state index in [1.54, 1.807) is 35.7 Å². The van der Waals surface area contributed by atoms with Crippen LogP contribution in [0.1, 0.15) is 38.1 Å². The maximum absolute atomic E-state index is 12.8.